The van der Waals surface area contributed by atoms with Gasteiger partial charge in [-0.2, -0.15) is 0 Å². The van der Waals surface area contributed by atoms with Crippen LogP contribution in [0.15, 0.2) is 70.6 Å². The van der Waals surface area contributed by atoms with Gasteiger partial charge in [-0.05, 0) is 69.5 Å². The number of aromatic nitrogens is 1. The molecule has 3 nitrogen and oxygen atoms in total. The Kier molecular flexibility index (Phi) is 9.45. The zero-order chi connectivity index (χ0) is 19.4. The second kappa shape index (κ2) is 11.1. The summed E-state index contributed by atoms with van der Waals surface area (Å²) >= 11 is 0. The fourth-order valence-electron chi connectivity index (χ4n) is 2.97. The van der Waals surface area contributed by atoms with E-state index in [4.69, 9.17) is 15.0 Å². The maximum atomic E-state index is 4.84. The molecule has 0 atom stereocenters. The van der Waals surface area contributed by atoms with E-state index in [0.29, 0.717) is 0 Å². The maximum Gasteiger partial charge on any atom is 0.0849 e. The summed E-state index contributed by atoms with van der Waals surface area (Å²) in [6.45, 7) is 10.2. The van der Waals surface area contributed by atoms with Crippen molar-refractivity contribution in [1.29, 1.82) is 0 Å². The first-order chi connectivity index (χ1) is 13.0. The van der Waals surface area contributed by atoms with Gasteiger partial charge in [0, 0.05) is 17.1 Å². The summed E-state index contributed by atoms with van der Waals surface area (Å²) in [5, 5.41) is 0. The number of nitrogens with zero attached hydrogens (tertiary/aromatic N) is 3. The average molecular weight is 448 g/mol. The third kappa shape index (κ3) is 6.11. The maximum absolute atomic E-state index is 4.84. The normalized spacial score (nSPS) is 11.5. The third-order valence-corrected chi connectivity index (χ3v) is 4.61. The molecule has 29 heavy (non-hydrogen) atoms. The molecule has 0 aliphatic heterocycles. The van der Waals surface area contributed by atoms with Gasteiger partial charge in [-0.15, -0.1) is 12.4 Å². The number of aryl methyl sites for hydroxylation is 3. The van der Waals surface area contributed by atoms with Gasteiger partial charge in [0.05, 0.1) is 34.2 Å². The van der Waals surface area contributed by atoms with Crippen LogP contribution in [0.5, 0.6) is 0 Å². The predicted molar refractivity (Wildman–Crippen MR) is 122 cm³/mol. The molecular formula is C24H26ClFeN3. The molecule has 3 aromatic rings. The van der Waals surface area contributed by atoms with Crippen LogP contribution in [-0.4, -0.2) is 16.4 Å². The van der Waals surface area contributed by atoms with Gasteiger partial charge < -0.3 is 0 Å². The molecule has 1 aromatic heterocycles. The SMILES string of the molecule is C/C(=N/c1c(C)cccc1C)c1cccc(/C(C)=N/c2ccccc2C)n1.Cl.[Fe]. The predicted octanol–water partition coefficient (Wildman–Crippen LogP) is 6.71. The van der Waals surface area contributed by atoms with Crippen molar-refractivity contribution in [3.63, 3.8) is 0 Å². The minimum Gasteiger partial charge on any atom is -0.251 e. The van der Waals surface area contributed by atoms with Crippen LogP contribution in [0.2, 0.25) is 0 Å². The number of para-hydroxylation sites is 2. The smallest absolute Gasteiger partial charge is 0.0849 e. The van der Waals surface area contributed by atoms with Gasteiger partial charge in [0.2, 0.25) is 0 Å². The van der Waals surface area contributed by atoms with Crippen LogP contribution in [0.3, 0.4) is 0 Å². The van der Waals surface area contributed by atoms with Crippen molar-refractivity contribution < 1.29 is 17.1 Å². The van der Waals surface area contributed by atoms with E-state index < -0.39 is 0 Å². The molecule has 0 aliphatic carbocycles. The Morgan fingerprint density at radius 2 is 1.14 bits per heavy atom. The van der Waals surface area contributed by atoms with E-state index in [2.05, 4.69) is 45.0 Å². The number of halogens is 1. The molecule has 0 fully saturated rings. The first kappa shape index (κ1) is 24.8. The van der Waals surface area contributed by atoms with Crippen LogP contribution in [0.1, 0.15) is 41.9 Å². The number of hydrogen-bond donors (Lipinski definition) is 0. The number of aliphatic imine (C=N–C) groups is 2. The van der Waals surface area contributed by atoms with Crippen LogP contribution in [0.4, 0.5) is 11.4 Å². The summed E-state index contributed by atoms with van der Waals surface area (Å²) < 4.78 is 0. The van der Waals surface area contributed by atoms with Crippen LogP contribution in [0, 0.1) is 20.8 Å². The molecule has 0 aliphatic rings. The first-order valence-electron chi connectivity index (χ1n) is 9.16. The average Bonchev–Trinajstić information content (AvgIpc) is 2.66. The topological polar surface area (TPSA) is 37.6 Å². The molecule has 0 amide bonds. The number of benzene rings is 2. The Morgan fingerprint density at radius 3 is 1.72 bits per heavy atom. The second-order valence-corrected chi connectivity index (χ2v) is 6.83. The van der Waals surface area contributed by atoms with E-state index >= 15 is 0 Å². The summed E-state index contributed by atoms with van der Waals surface area (Å²) in [6, 6.07) is 20.4. The molecular weight excluding hydrogens is 422 g/mol. The monoisotopic (exact) mass is 447 g/mol. The minimum absolute atomic E-state index is 0. The Bertz CT molecular complexity index is 1020. The van der Waals surface area contributed by atoms with Gasteiger partial charge >= 0.3 is 0 Å². The first-order valence-corrected chi connectivity index (χ1v) is 9.16. The fourth-order valence-corrected chi connectivity index (χ4v) is 2.97. The molecule has 0 spiro atoms. The Morgan fingerprint density at radius 1 is 0.655 bits per heavy atom. The standard InChI is InChI=1S/C24H25N3.ClH.Fe/c1-16-10-6-7-13-21(16)25-19(4)22-14-9-15-23(27-22)20(5)26-24-17(2)11-8-12-18(24)3;;/h6-15H,1-5H3;1H;/b25-19+,26-20-;;. The summed E-state index contributed by atoms with van der Waals surface area (Å²) in [6.07, 6.45) is 0. The molecule has 0 saturated carbocycles. The quantitative estimate of drug-likeness (QED) is 0.323. The van der Waals surface area contributed by atoms with Crippen molar-refractivity contribution >= 4 is 35.2 Å². The molecule has 0 N–H and O–H groups in total. The molecule has 2 aromatic carbocycles. The van der Waals surface area contributed by atoms with E-state index in [0.717, 1.165) is 39.7 Å². The number of rotatable bonds is 4. The van der Waals surface area contributed by atoms with Crippen molar-refractivity contribution in [3.8, 4) is 0 Å². The van der Waals surface area contributed by atoms with E-state index in [9.17, 15) is 0 Å². The Balaban J connectivity index is 0.00000210. The molecule has 152 valence electrons. The van der Waals surface area contributed by atoms with E-state index in [1.807, 2.05) is 50.2 Å². The molecule has 0 radical (unpaired) electrons. The van der Waals surface area contributed by atoms with Gasteiger partial charge in [-0.25, -0.2) is 4.98 Å². The third-order valence-electron chi connectivity index (χ3n) is 4.61. The summed E-state index contributed by atoms with van der Waals surface area (Å²) in [5.74, 6) is 0. The van der Waals surface area contributed by atoms with E-state index in [1.165, 1.54) is 11.1 Å². The summed E-state index contributed by atoms with van der Waals surface area (Å²) in [5.41, 5.74) is 9.02. The molecule has 5 heteroatoms. The van der Waals surface area contributed by atoms with E-state index in [-0.39, 0.29) is 29.5 Å². The minimum atomic E-state index is 0. The largest absolute Gasteiger partial charge is 0.251 e. The Hall–Kier alpha value is -2.26. The number of pyridine rings is 1. The molecule has 0 bridgehead atoms. The van der Waals surface area contributed by atoms with Crippen molar-refractivity contribution in [1.82, 2.24) is 4.98 Å². The van der Waals surface area contributed by atoms with Gasteiger partial charge in [0.1, 0.15) is 0 Å². The van der Waals surface area contributed by atoms with Crippen LogP contribution in [0.25, 0.3) is 0 Å². The molecule has 1 heterocycles. The van der Waals surface area contributed by atoms with E-state index in [1.54, 1.807) is 0 Å². The van der Waals surface area contributed by atoms with Gasteiger partial charge in [-0.1, -0.05) is 42.5 Å². The molecule has 0 saturated heterocycles. The molecule has 0 unspecified atom stereocenters. The van der Waals surface area contributed by atoms with Crippen LogP contribution >= 0.6 is 12.4 Å². The van der Waals surface area contributed by atoms with Crippen molar-refractivity contribution in [3.05, 3.63) is 88.7 Å². The van der Waals surface area contributed by atoms with Crippen molar-refractivity contribution in [2.75, 3.05) is 0 Å². The zero-order valence-corrected chi connectivity index (χ0v) is 19.3. The number of hydrogen-bond acceptors (Lipinski definition) is 3. The summed E-state index contributed by atoms with van der Waals surface area (Å²) in [4.78, 5) is 14.4. The van der Waals surface area contributed by atoms with Gasteiger partial charge in [0.15, 0.2) is 0 Å². The van der Waals surface area contributed by atoms with Crippen LogP contribution in [-0.2, 0) is 17.1 Å². The zero-order valence-electron chi connectivity index (χ0n) is 17.4. The molecule has 3 rings (SSSR count). The fraction of sp³-hybridized carbons (Fsp3) is 0.208. The van der Waals surface area contributed by atoms with Crippen molar-refractivity contribution in [2.24, 2.45) is 9.98 Å². The summed E-state index contributed by atoms with van der Waals surface area (Å²) in [7, 11) is 0. The van der Waals surface area contributed by atoms with Gasteiger partial charge in [-0.3, -0.25) is 9.98 Å². The van der Waals surface area contributed by atoms with Gasteiger partial charge in [0.25, 0.3) is 0 Å². The van der Waals surface area contributed by atoms with Crippen molar-refractivity contribution in [2.45, 2.75) is 34.6 Å². The Labute approximate surface area is 190 Å². The second-order valence-electron chi connectivity index (χ2n) is 6.83. The van der Waals surface area contributed by atoms with Crippen LogP contribution < -0.4 is 0 Å².